The topological polar surface area (TPSA) is 64.0 Å². The quantitative estimate of drug-likeness (QED) is 0.435. The Hall–Kier alpha value is -2.60. The Morgan fingerprint density at radius 1 is 1.06 bits per heavy atom. The van der Waals surface area contributed by atoms with E-state index in [1.165, 1.54) is 37.4 Å². The van der Waals surface area contributed by atoms with Crippen LogP contribution in [0.1, 0.15) is 39.5 Å². The molecule has 2 fully saturated rings. The Morgan fingerprint density at radius 3 is 2.53 bits per heavy atom. The Labute approximate surface area is 192 Å². The summed E-state index contributed by atoms with van der Waals surface area (Å²) >= 11 is 1.34. The number of nitrogens with zero attached hydrogens (tertiary/aromatic N) is 2. The standard InChI is InChI=1S/C26H29N3O2S/c1-16(22-15-18-12-13-19(22)14-18)27-24(30)17(2)32-26-28-23-11-7-6-10-21(23)25(31)29(26)20-8-4-3-5-9-20/h3-11,16-19,22H,12-15H2,1-2H3,(H,27,30). The molecule has 5 rings (SSSR count). The molecule has 2 aliphatic carbocycles. The molecule has 5 nitrogen and oxygen atoms in total. The fraction of sp³-hybridized carbons (Fsp3) is 0.423. The summed E-state index contributed by atoms with van der Waals surface area (Å²) in [4.78, 5) is 31.2. The number of amides is 1. The van der Waals surface area contributed by atoms with E-state index in [0.29, 0.717) is 22.0 Å². The lowest BCUT2D eigenvalue weighted by Gasteiger charge is -2.29. The van der Waals surface area contributed by atoms with Crippen molar-refractivity contribution in [3.05, 3.63) is 65.0 Å². The molecule has 6 heteroatoms. The molecular formula is C26H29N3O2S. The number of carbonyl (C=O) groups excluding carboxylic acids is 1. The van der Waals surface area contributed by atoms with Crippen molar-refractivity contribution in [2.45, 2.75) is 56.0 Å². The van der Waals surface area contributed by atoms with Gasteiger partial charge in [-0.25, -0.2) is 4.98 Å². The fourth-order valence-corrected chi connectivity index (χ4v) is 6.50. The van der Waals surface area contributed by atoms with Crippen molar-refractivity contribution in [3.8, 4) is 5.69 Å². The summed E-state index contributed by atoms with van der Waals surface area (Å²) < 4.78 is 1.62. The molecule has 166 valence electrons. The van der Waals surface area contributed by atoms with E-state index >= 15 is 0 Å². The van der Waals surface area contributed by atoms with E-state index in [-0.39, 0.29) is 22.8 Å². The molecule has 0 aliphatic heterocycles. The second kappa shape index (κ2) is 8.74. The maximum Gasteiger partial charge on any atom is 0.266 e. The summed E-state index contributed by atoms with van der Waals surface area (Å²) in [5.74, 6) is 2.23. The summed E-state index contributed by atoms with van der Waals surface area (Å²) in [6.45, 7) is 4.04. The van der Waals surface area contributed by atoms with Gasteiger partial charge in [-0.3, -0.25) is 14.2 Å². The molecule has 1 amide bonds. The third-order valence-electron chi connectivity index (χ3n) is 7.22. The monoisotopic (exact) mass is 447 g/mol. The predicted octanol–water partition coefficient (Wildman–Crippen LogP) is 4.81. The van der Waals surface area contributed by atoms with Gasteiger partial charge in [0.05, 0.1) is 21.8 Å². The Kier molecular flexibility index (Phi) is 5.80. The van der Waals surface area contributed by atoms with Gasteiger partial charge in [-0.15, -0.1) is 0 Å². The van der Waals surface area contributed by atoms with Gasteiger partial charge >= 0.3 is 0 Å². The highest BCUT2D eigenvalue weighted by Crippen LogP contribution is 2.49. The van der Waals surface area contributed by atoms with Crippen LogP contribution in [0, 0.1) is 17.8 Å². The Morgan fingerprint density at radius 2 is 1.81 bits per heavy atom. The van der Waals surface area contributed by atoms with E-state index in [2.05, 4.69) is 12.2 Å². The van der Waals surface area contributed by atoms with Gasteiger partial charge in [0, 0.05) is 6.04 Å². The van der Waals surface area contributed by atoms with Gasteiger partial charge in [-0.1, -0.05) is 48.5 Å². The number of nitrogens with one attached hydrogen (secondary N) is 1. The van der Waals surface area contributed by atoms with Crippen LogP contribution >= 0.6 is 11.8 Å². The van der Waals surface area contributed by atoms with E-state index in [0.717, 1.165) is 17.5 Å². The third-order valence-corrected chi connectivity index (χ3v) is 8.27. The van der Waals surface area contributed by atoms with E-state index in [9.17, 15) is 9.59 Å². The minimum Gasteiger partial charge on any atom is -0.352 e. The van der Waals surface area contributed by atoms with Crippen molar-refractivity contribution in [1.29, 1.82) is 0 Å². The second-order valence-corrected chi connectivity index (χ2v) is 10.6. The highest BCUT2D eigenvalue weighted by molar-refractivity contribution is 8.00. The van der Waals surface area contributed by atoms with Crippen LogP contribution in [0.5, 0.6) is 0 Å². The van der Waals surface area contributed by atoms with Crippen molar-refractivity contribution in [2.24, 2.45) is 17.8 Å². The third kappa shape index (κ3) is 3.96. The molecule has 1 aromatic heterocycles. The first-order chi connectivity index (χ1) is 15.5. The Bertz CT molecular complexity index is 1190. The molecular weight excluding hydrogens is 418 g/mol. The molecule has 1 heterocycles. The van der Waals surface area contributed by atoms with Crippen molar-refractivity contribution < 1.29 is 4.79 Å². The van der Waals surface area contributed by atoms with Crippen LogP contribution in [0.3, 0.4) is 0 Å². The summed E-state index contributed by atoms with van der Waals surface area (Å²) in [7, 11) is 0. The molecule has 5 unspecified atom stereocenters. The number of benzene rings is 2. The van der Waals surface area contributed by atoms with Gasteiger partial charge in [0.25, 0.3) is 5.56 Å². The lowest BCUT2D eigenvalue weighted by Crippen LogP contribution is -2.43. The number of para-hydroxylation sites is 2. The number of fused-ring (bicyclic) bond motifs is 3. The van der Waals surface area contributed by atoms with Crippen molar-refractivity contribution in [1.82, 2.24) is 14.9 Å². The molecule has 0 spiro atoms. The first-order valence-electron chi connectivity index (χ1n) is 11.6. The normalized spacial score (nSPS) is 23.9. The van der Waals surface area contributed by atoms with Crippen LogP contribution < -0.4 is 10.9 Å². The number of thioether (sulfide) groups is 1. The maximum atomic E-state index is 13.3. The van der Waals surface area contributed by atoms with Crippen LogP contribution in [-0.2, 0) is 4.79 Å². The molecule has 3 aromatic rings. The molecule has 0 saturated heterocycles. The lowest BCUT2D eigenvalue weighted by atomic mass is 9.84. The maximum absolute atomic E-state index is 13.3. The number of carbonyl (C=O) groups is 1. The molecule has 32 heavy (non-hydrogen) atoms. The summed E-state index contributed by atoms with van der Waals surface area (Å²) in [6, 6.07) is 17.1. The SMILES string of the molecule is CC(Sc1nc2ccccc2c(=O)n1-c1ccccc1)C(=O)NC(C)C1CC2CCC1C2. The van der Waals surface area contributed by atoms with Crippen LogP contribution in [0.4, 0.5) is 0 Å². The average Bonchev–Trinajstić information content (AvgIpc) is 3.44. The van der Waals surface area contributed by atoms with E-state index in [4.69, 9.17) is 4.98 Å². The lowest BCUT2D eigenvalue weighted by molar-refractivity contribution is -0.121. The molecule has 2 bridgehead atoms. The molecule has 2 aliphatic rings. The predicted molar refractivity (Wildman–Crippen MR) is 129 cm³/mol. The minimum atomic E-state index is -0.362. The summed E-state index contributed by atoms with van der Waals surface area (Å²) in [5, 5.41) is 4.01. The van der Waals surface area contributed by atoms with Gasteiger partial charge in [0.1, 0.15) is 0 Å². The zero-order chi connectivity index (χ0) is 22.2. The van der Waals surface area contributed by atoms with Gasteiger partial charge in [-0.2, -0.15) is 0 Å². The highest BCUT2D eigenvalue weighted by atomic mass is 32.2. The van der Waals surface area contributed by atoms with Crippen molar-refractivity contribution in [2.75, 3.05) is 0 Å². The average molecular weight is 448 g/mol. The van der Waals surface area contributed by atoms with Gasteiger partial charge in [-0.05, 0) is 75.1 Å². The zero-order valence-corrected chi connectivity index (χ0v) is 19.3. The Balaban J connectivity index is 1.40. The first-order valence-corrected chi connectivity index (χ1v) is 12.4. The molecule has 5 atom stereocenters. The minimum absolute atomic E-state index is 0.00675. The number of aromatic nitrogens is 2. The van der Waals surface area contributed by atoms with E-state index in [1.807, 2.05) is 55.5 Å². The van der Waals surface area contributed by atoms with Gasteiger partial charge in [0.15, 0.2) is 5.16 Å². The van der Waals surface area contributed by atoms with Crippen LogP contribution in [-0.4, -0.2) is 26.8 Å². The number of hydrogen-bond acceptors (Lipinski definition) is 4. The van der Waals surface area contributed by atoms with E-state index < -0.39 is 0 Å². The van der Waals surface area contributed by atoms with Gasteiger partial charge in [0.2, 0.25) is 5.91 Å². The fourth-order valence-electron chi connectivity index (χ4n) is 5.56. The van der Waals surface area contributed by atoms with E-state index in [1.54, 1.807) is 10.6 Å². The highest BCUT2D eigenvalue weighted by Gasteiger charge is 2.42. The first kappa shape index (κ1) is 21.3. The molecule has 0 radical (unpaired) electrons. The molecule has 2 saturated carbocycles. The van der Waals surface area contributed by atoms with Crippen LogP contribution in [0.2, 0.25) is 0 Å². The largest absolute Gasteiger partial charge is 0.352 e. The smallest absolute Gasteiger partial charge is 0.266 e. The summed E-state index contributed by atoms with van der Waals surface area (Å²) in [5.41, 5.74) is 1.28. The van der Waals surface area contributed by atoms with Crippen LogP contribution in [0.25, 0.3) is 16.6 Å². The van der Waals surface area contributed by atoms with Crippen molar-refractivity contribution in [3.63, 3.8) is 0 Å². The number of rotatable bonds is 6. The number of hydrogen-bond donors (Lipinski definition) is 1. The van der Waals surface area contributed by atoms with Crippen LogP contribution in [0.15, 0.2) is 64.5 Å². The van der Waals surface area contributed by atoms with Crippen molar-refractivity contribution >= 4 is 28.6 Å². The summed E-state index contributed by atoms with van der Waals surface area (Å²) in [6.07, 6.45) is 5.25. The zero-order valence-electron chi connectivity index (χ0n) is 18.5. The molecule has 1 N–H and O–H groups in total. The van der Waals surface area contributed by atoms with Gasteiger partial charge < -0.3 is 5.32 Å². The molecule has 2 aromatic carbocycles. The second-order valence-electron chi connectivity index (χ2n) is 9.28.